The number of carboxylic acids is 1. The third kappa shape index (κ3) is 3.36. The lowest BCUT2D eigenvalue weighted by molar-refractivity contribution is -0.131. The molecule has 0 spiro atoms. The van der Waals surface area contributed by atoms with Crippen molar-refractivity contribution in [3.8, 4) is 5.75 Å². The van der Waals surface area contributed by atoms with Gasteiger partial charge in [0, 0.05) is 17.7 Å². The zero-order valence-electron chi connectivity index (χ0n) is 9.64. The maximum atomic E-state index is 10.4. The van der Waals surface area contributed by atoms with Crippen molar-refractivity contribution in [1.82, 2.24) is 4.98 Å². The fraction of sp³-hybridized carbons (Fsp3) is 0.0769. The molecule has 1 N–H and O–H groups in total. The van der Waals surface area contributed by atoms with Gasteiger partial charge in [0.15, 0.2) is 5.75 Å². The van der Waals surface area contributed by atoms with Gasteiger partial charge in [0.05, 0.1) is 8.59 Å². The van der Waals surface area contributed by atoms with E-state index in [1.165, 1.54) is 6.08 Å². The predicted octanol–water partition coefficient (Wildman–Crippen LogP) is 3.51. The molecule has 0 aliphatic carbocycles. The quantitative estimate of drug-likeness (QED) is 0.642. The molecule has 2 rings (SSSR count). The van der Waals surface area contributed by atoms with Gasteiger partial charge in [0.1, 0.15) is 12.1 Å². The van der Waals surface area contributed by atoms with E-state index in [0.29, 0.717) is 16.3 Å². The van der Waals surface area contributed by atoms with Crippen LogP contribution in [0.2, 0.25) is 5.02 Å². The smallest absolute Gasteiger partial charge is 0.328 e. The zero-order chi connectivity index (χ0) is 13.8. The first-order valence-corrected chi connectivity index (χ1v) is 6.80. The lowest BCUT2D eigenvalue weighted by Crippen LogP contribution is -1.99. The summed E-state index contributed by atoms with van der Waals surface area (Å²) in [5.41, 5.74) is 0.670. The molecule has 1 aromatic carbocycles. The summed E-state index contributed by atoms with van der Waals surface area (Å²) >= 11 is 8.25. The van der Waals surface area contributed by atoms with Crippen LogP contribution in [0.4, 0.5) is 0 Å². The maximum absolute atomic E-state index is 10.4. The lowest BCUT2D eigenvalue weighted by atomic mass is 10.2. The van der Waals surface area contributed by atoms with Crippen molar-refractivity contribution < 1.29 is 14.6 Å². The van der Waals surface area contributed by atoms with Gasteiger partial charge in [-0.25, -0.2) is 4.79 Å². The van der Waals surface area contributed by atoms with Crippen molar-refractivity contribution in [2.24, 2.45) is 0 Å². The van der Waals surface area contributed by atoms with Gasteiger partial charge in [-0.1, -0.05) is 11.6 Å². The van der Waals surface area contributed by atoms with Crippen LogP contribution in [0.25, 0.3) is 10.9 Å². The Hall–Kier alpha value is -1.34. The molecule has 19 heavy (non-hydrogen) atoms. The lowest BCUT2D eigenvalue weighted by Gasteiger charge is -2.10. The molecule has 0 bridgehead atoms. The van der Waals surface area contributed by atoms with Crippen LogP contribution in [0.3, 0.4) is 0 Å². The first-order chi connectivity index (χ1) is 9.09. The summed E-state index contributed by atoms with van der Waals surface area (Å²) in [6.07, 6.45) is 4.13. The number of aliphatic carboxylic acids is 1. The highest BCUT2D eigenvalue weighted by Gasteiger charge is 2.11. The van der Waals surface area contributed by atoms with E-state index in [-0.39, 0.29) is 6.61 Å². The normalized spacial score (nSPS) is 11.1. The third-order valence-electron chi connectivity index (χ3n) is 2.33. The molecule has 0 aliphatic rings. The minimum atomic E-state index is -1.00. The number of carbonyl (C=O) groups is 1. The van der Waals surface area contributed by atoms with Crippen molar-refractivity contribution >= 4 is 51.1 Å². The highest BCUT2D eigenvalue weighted by Crippen LogP contribution is 2.34. The predicted molar refractivity (Wildman–Crippen MR) is 81.7 cm³/mol. The average molecular weight is 390 g/mol. The SMILES string of the molecule is O=C(O)C=CCOc1c(I)cc(Cl)c2cccnc12. The third-order valence-corrected chi connectivity index (χ3v) is 3.45. The van der Waals surface area contributed by atoms with E-state index in [9.17, 15) is 4.79 Å². The van der Waals surface area contributed by atoms with E-state index in [4.69, 9.17) is 21.4 Å². The monoisotopic (exact) mass is 389 g/mol. The molecule has 4 nitrogen and oxygen atoms in total. The topological polar surface area (TPSA) is 59.4 Å². The Morgan fingerprint density at radius 3 is 3.11 bits per heavy atom. The number of halogens is 2. The van der Waals surface area contributed by atoms with Gasteiger partial charge in [-0.15, -0.1) is 0 Å². The van der Waals surface area contributed by atoms with E-state index in [2.05, 4.69) is 27.6 Å². The summed E-state index contributed by atoms with van der Waals surface area (Å²) in [5.74, 6) is -0.395. The van der Waals surface area contributed by atoms with Crippen molar-refractivity contribution in [3.63, 3.8) is 0 Å². The zero-order valence-corrected chi connectivity index (χ0v) is 12.6. The van der Waals surface area contributed by atoms with Crippen LogP contribution in [0.1, 0.15) is 0 Å². The second-order valence-electron chi connectivity index (χ2n) is 3.62. The second-order valence-corrected chi connectivity index (χ2v) is 5.19. The Labute approximate surface area is 128 Å². The summed E-state index contributed by atoms with van der Waals surface area (Å²) in [6, 6.07) is 5.46. The first-order valence-electron chi connectivity index (χ1n) is 5.34. The number of pyridine rings is 1. The van der Waals surface area contributed by atoms with Gasteiger partial charge in [-0.3, -0.25) is 4.98 Å². The Bertz CT molecular complexity index is 658. The summed E-state index contributed by atoms with van der Waals surface area (Å²) < 4.78 is 6.41. The Morgan fingerprint density at radius 1 is 1.58 bits per heavy atom. The number of hydrogen-bond donors (Lipinski definition) is 1. The molecule has 0 radical (unpaired) electrons. The molecule has 0 aliphatic heterocycles. The molecule has 0 unspecified atom stereocenters. The van der Waals surface area contributed by atoms with Crippen LogP contribution < -0.4 is 4.74 Å². The molecule has 0 saturated carbocycles. The molecule has 1 aromatic heterocycles. The second kappa shape index (κ2) is 6.21. The molecule has 0 amide bonds. The van der Waals surface area contributed by atoms with Crippen LogP contribution in [0.15, 0.2) is 36.5 Å². The molecule has 0 fully saturated rings. The average Bonchev–Trinajstić information content (AvgIpc) is 2.37. The fourth-order valence-electron chi connectivity index (χ4n) is 1.56. The van der Waals surface area contributed by atoms with E-state index in [1.807, 2.05) is 6.07 Å². The van der Waals surface area contributed by atoms with E-state index >= 15 is 0 Å². The molecule has 0 saturated heterocycles. The molecule has 2 aromatic rings. The fourth-order valence-corrected chi connectivity index (χ4v) is 2.73. The molecular weight excluding hydrogens is 381 g/mol. The summed E-state index contributed by atoms with van der Waals surface area (Å²) in [7, 11) is 0. The summed E-state index contributed by atoms with van der Waals surface area (Å²) in [4.78, 5) is 14.6. The van der Waals surface area contributed by atoms with Crippen LogP contribution >= 0.6 is 34.2 Å². The minimum absolute atomic E-state index is 0.162. The number of benzene rings is 1. The van der Waals surface area contributed by atoms with E-state index < -0.39 is 5.97 Å². The van der Waals surface area contributed by atoms with Crippen LogP contribution in [0, 0.1) is 3.57 Å². The Morgan fingerprint density at radius 2 is 2.37 bits per heavy atom. The number of rotatable bonds is 4. The van der Waals surface area contributed by atoms with Crippen molar-refractivity contribution in [2.75, 3.05) is 6.61 Å². The summed E-state index contributed by atoms with van der Waals surface area (Å²) in [5, 5.41) is 9.92. The van der Waals surface area contributed by atoms with Gasteiger partial charge in [-0.05, 0) is 46.9 Å². The van der Waals surface area contributed by atoms with Gasteiger partial charge < -0.3 is 9.84 Å². The summed E-state index contributed by atoms with van der Waals surface area (Å²) in [6.45, 7) is 0.162. The first kappa shape index (κ1) is 14.1. The van der Waals surface area contributed by atoms with E-state index in [1.54, 1.807) is 18.3 Å². The number of hydrogen-bond acceptors (Lipinski definition) is 3. The van der Waals surface area contributed by atoms with Crippen LogP contribution in [-0.2, 0) is 4.79 Å². The van der Waals surface area contributed by atoms with Crippen molar-refractivity contribution in [3.05, 3.63) is 45.1 Å². The van der Waals surface area contributed by atoms with Crippen molar-refractivity contribution in [1.29, 1.82) is 0 Å². The van der Waals surface area contributed by atoms with Gasteiger partial charge >= 0.3 is 5.97 Å². The van der Waals surface area contributed by atoms with Gasteiger partial charge in [0.25, 0.3) is 0 Å². The molecular formula is C13H9ClINO3. The minimum Gasteiger partial charge on any atom is -0.486 e. The Kier molecular flexibility index (Phi) is 4.60. The number of ether oxygens (including phenoxy) is 1. The number of fused-ring (bicyclic) bond motifs is 1. The number of carboxylic acid groups (broad SMARTS) is 1. The van der Waals surface area contributed by atoms with Gasteiger partial charge in [0.2, 0.25) is 0 Å². The molecule has 1 heterocycles. The number of aromatic nitrogens is 1. The van der Waals surface area contributed by atoms with Gasteiger partial charge in [-0.2, -0.15) is 0 Å². The van der Waals surface area contributed by atoms with Crippen molar-refractivity contribution in [2.45, 2.75) is 0 Å². The van der Waals surface area contributed by atoms with Crippen LogP contribution in [-0.4, -0.2) is 22.7 Å². The van der Waals surface area contributed by atoms with Crippen LogP contribution in [0.5, 0.6) is 5.75 Å². The maximum Gasteiger partial charge on any atom is 0.328 e. The highest BCUT2D eigenvalue weighted by molar-refractivity contribution is 14.1. The molecule has 6 heteroatoms. The molecule has 98 valence electrons. The largest absolute Gasteiger partial charge is 0.486 e. The van der Waals surface area contributed by atoms with E-state index in [0.717, 1.165) is 15.0 Å². The molecule has 0 atom stereocenters. The highest BCUT2D eigenvalue weighted by atomic mass is 127. The Balaban J connectivity index is 2.34. The number of nitrogens with zero attached hydrogens (tertiary/aromatic N) is 1. The standard InChI is InChI=1S/C13H9ClINO3/c14-9-7-10(15)13(19-6-2-4-11(17)18)12-8(9)3-1-5-16-12/h1-5,7H,6H2,(H,17,18).